The molecule has 0 atom stereocenters. The Morgan fingerprint density at radius 3 is 2.57 bits per heavy atom. The van der Waals surface area contributed by atoms with Gasteiger partial charge in [0.1, 0.15) is 11.4 Å². The highest BCUT2D eigenvalue weighted by atomic mass is 32.2. The third-order valence-corrected chi connectivity index (χ3v) is 4.60. The minimum absolute atomic E-state index is 0.231. The molecule has 6 nitrogen and oxygen atoms in total. The minimum Gasteiger partial charge on any atom is -0.315 e. The molecule has 0 fully saturated rings. The van der Waals surface area contributed by atoms with Crippen LogP contribution in [0.4, 0.5) is 13.2 Å². The molecular formula is C11H19F3N4O2S. The molecule has 0 unspecified atom stereocenters. The lowest BCUT2D eigenvalue weighted by molar-refractivity contribution is -0.135. The first kappa shape index (κ1) is 17.9. The van der Waals surface area contributed by atoms with Crippen molar-refractivity contribution >= 4 is 10.0 Å². The van der Waals surface area contributed by atoms with Crippen LogP contribution in [0, 0.1) is 0 Å². The number of rotatable bonds is 8. The van der Waals surface area contributed by atoms with Crippen LogP contribution >= 0.6 is 0 Å². The molecule has 0 spiro atoms. The standard InChI is InChI=1S/C11H19F3N4O2S/c1-3-15-5-6-17-8-10(7-16-17)21(19,20)18(4-2)9-11(12,13)14/h7-8,15H,3-6,9H2,1-2H3. The lowest BCUT2D eigenvalue weighted by atomic mass is 10.6. The van der Waals surface area contributed by atoms with E-state index in [0.29, 0.717) is 17.4 Å². The van der Waals surface area contributed by atoms with E-state index in [0.717, 1.165) is 12.7 Å². The van der Waals surface area contributed by atoms with Gasteiger partial charge in [0.25, 0.3) is 0 Å². The van der Waals surface area contributed by atoms with Crippen molar-refractivity contribution in [1.29, 1.82) is 0 Å². The van der Waals surface area contributed by atoms with E-state index in [1.54, 1.807) is 0 Å². The Morgan fingerprint density at radius 1 is 1.38 bits per heavy atom. The van der Waals surface area contributed by atoms with Crippen LogP contribution < -0.4 is 5.32 Å². The van der Waals surface area contributed by atoms with E-state index in [9.17, 15) is 21.6 Å². The molecule has 1 aromatic heterocycles. The highest BCUT2D eigenvalue weighted by Crippen LogP contribution is 2.22. The summed E-state index contributed by atoms with van der Waals surface area (Å²) in [5, 5.41) is 6.90. The third-order valence-electron chi connectivity index (χ3n) is 2.72. The van der Waals surface area contributed by atoms with E-state index in [1.807, 2.05) is 6.92 Å². The van der Waals surface area contributed by atoms with Crippen molar-refractivity contribution in [1.82, 2.24) is 19.4 Å². The molecular weight excluding hydrogens is 309 g/mol. The average Bonchev–Trinajstić information content (AvgIpc) is 2.84. The van der Waals surface area contributed by atoms with Crippen LogP contribution in [-0.4, -0.2) is 54.9 Å². The maximum absolute atomic E-state index is 12.4. The Balaban J connectivity index is 2.86. The smallest absolute Gasteiger partial charge is 0.315 e. The van der Waals surface area contributed by atoms with E-state index in [-0.39, 0.29) is 11.4 Å². The molecule has 0 amide bonds. The Labute approximate surface area is 122 Å². The third kappa shape index (κ3) is 5.29. The molecule has 0 aliphatic carbocycles. The van der Waals surface area contributed by atoms with E-state index >= 15 is 0 Å². The lowest BCUT2D eigenvalue weighted by Crippen LogP contribution is -2.38. The largest absolute Gasteiger partial charge is 0.402 e. The first-order valence-electron chi connectivity index (χ1n) is 6.50. The van der Waals surface area contributed by atoms with Crippen molar-refractivity contribution in [2.45, 2.75) is 31.5 Å². The fraction of sp³-hybridized carbons (Fsp3) is 0.727. The number of aromatic nitrogens is 2. The summed E-state index contributed by atoms with van der Waals surface area (Å²) in [6.45, 7) is 3.32. The van der Waals surface area contributed by atoms with Gasteiger partial charge in [0.15, 0.2) is 0 Å². The fourth-order valence-electron chi connectivity index (χ4n) is 1.69. The summed E-state index contributed by atoms with van der Waals surface area (Å²) in [6, 6.07) is 0. The maximum Gasteiger partial charge on any atom is 0.402 e. The molecule has 1 heterocycles. The van der Waals surface area contributed by atoms with Crippen LogP contribution in [0.15, 0.2) is 17.3 Å². The Morgan fingerprint density at radius 2 is 2.05 bits per heavy atom. The predicted molar refractivity (Wildman–Crippen MR) is 71.3 cm³/mol. The number of nitrogens with one attached hydrogen (secondary N) is 1. The second kappa shape index (κ2) is 7.23. The first-order valence-corrected chi connectivity index (χ1v) is 7.94. The summed E-state index contributed by atoms with van der Waals surface area (Å²) >= 11 is 0. The number of halogens is 3. The molecule has 21 heavy (non-hydrogen) atoms. The number of sulfonamides is 1. The highest BCUT2D eigenvalue weighted by molar-refractivity contribution is 7.89. The predicted octanol–water partition coefficient (Wildman–Crippen LogP) is 1.07. The van der Waals surface area contributed by atoms with Crippen LogP contribution in [0.25, 0.3) is 0 Å². The van der Waals surface area contributed by atoms with Crippen molar-refractivity contribution in [2.24, 2.45) is 0 Å². The van der Waals surface area contributed by atoms with Gasteiger partial charge in [0.05, 0.1) is 12.7 Å². The quantitative estimate of drug-likeness (QED) is 0.725. The van der Waals surface area contributed by atoms with Crippen molar-refractivity contribution in [3.63, 3.8) is 0 Å². The van der Waals surface area contributed by atoms with Gasteiger partial charge in [-0.2, -0.15) is 22.6 Å². The van der Waals surface area contributed by atoms with Gasteiger partial charge in [-0.3, -0.25) is 4.68 Å². The zero-order valence-corrected chi connectivity index (χ0v) is 12.7. The van der Waals surface area contributed by atoms with Gasteiger partial charge in [-0.25, -0.2) is 8.42 Å². The van der Waals surface area contributed by atoms with Gasteiger partial charge in [0, 0.05) is 19.3 Å². The lowest BCUT2D eigenvalue weighted by Gasteiger charge is -2.20. The maximum atomic E-state index is 12.4. The molecule has 0 aliphatic rings. The van der Waals surface area contributed by atoms with Gasteiger partial charge in [-0.1, -0.05) is 13.8 Å². The summed E-state index contributed by atoms with van der Waals surface area (Å²) in [7, 11) is -4.18. The average molecular weight is 328 g/mol. The van der Waals surface area contributed by atoms with Crippen LogP contribution in [0.3, 0.4) is 0 Å². The summed E-state index contributed by atoms with van der Waals surface area (Å²) in [4.78, 5) is -0.231. The summed E-state index contributed by atoms with van der Waals surface area (Å²) in [6.07, 6.45) is -2.27. The van der Waals surface area contributed by atoms with Gasteiger partial charge in [-0.15, -0.1) is 0 Å². The molecule has 10 heteroatoms. The molecule has 0 aliphatic heterocycles. The molecule has 0 aromatic carbocycles. The minimum atomic E-state index is -4.58. The van der Waals surface area contributed by atoms with Gasteiger partial charge < -0.3 is 5.32 Å². The molecule has 0 saturated carbocycles. The molecule has 0 bridgehead atoms. The molecule has 1 N–H and O–H groups in total. The normalized spacial score (nSPS) is 13.0. The van der Waals surface area contributed by atoms with E-state index in [4.69, 9.17) is 0 Å². The zero-order chi connectivity index (χ0) is 16.1. The fourth-order valence-corrected chi connectivity index (χ4v) is 3.08. The van der Waals surface area contributed by atoms with Gasteiger partial charge in [0.2, 0.25) is 10.0 Å². The van der Waals surface area contributed by atoms with Crippen molar-refractivity contribution in [2.75, 3.05) is 26.2 Å². The summed E-state index contributed by atoms with van der Waals surface area (Å²) < 4.78 is 63.3. The molecule has 0 saturated heterocycles. The first-order chi connectivity index (χ1) is 9.70. The Hall–Kier alpha value is -1.13. The number of hydrogen-bond acceptors (Lipinski definition) is 4. The van der Waals surface area contributed by atoms with E-state index in [1.165, 1.54) is 17.8 Å². The SMILES string of the molecule is CCNCCn1cc(S(=O)(=O)N(CC)CC(F)(F)F)cn1. The topological polar surface area (TPSA) is 67.2 Å². The second-order valence-electron chi connectivity index (χ2n) is 4.34. The number of nitrogens with zero attached hydrogens (tertiary/aromatic N) is 3. The van der Waals surface area contributed by atoms with Gasteiger partial charge in [-0.05, 0) is 6.54 Å². The summed E-state index contributed by atoms with van der Waals surface area (Å²) in [5.41, 5.74) is 0. The second-order valence-corrected chi connectivity index (χ2v) is 6.28. The van der Waals surface area contributed by atoms with E-state index in [2.05, 4.69) is 10.4 Å². The van der Waals surface area contributed by atoms with E-state index < -0.39 is 22.7 Å². The number of hydrogen-bond donors (Lipinski definition) is 1. The van der Waals surface area contributed by atoms with Crippen LogP contribution in [0.1, 0.15) is 13.8 Å². The Kier molecular flexibility index (Phi) is 6.17. The molecule has 0 radical (unpaired) electrons. The van der Waals surface area contributed by atoms with Crippen molar-refractivity contribution in [3.05, 3.63) is 12.4 Å². The van der Waals surface area contributed by atoms with Crippen LogP contribution in [-0.2, 0) is 16.6 Å². The zero-order valence-electron chi connectivity index (χ0n) is 11.9. The monoisotopic (exact) mass is 328 g/mol. The highest BCUT2D eigenvalue weighted by Gasteiger charge is 2.36. The molecule has 1 aromatic rings. The molecule has 1 rings (SSSR count). The van der Waals surface area contributed by atoms with Crippen molar-refractivity contribution < 1.29 is 21.6 Å². The number of alkyl halides is 3. The van der Waals surface area contributed by atoms with Crippen LogP contribution in [0.5, 0.6) is 0 Å². The Bertz CT molecular complexity index is 542. The van der Waals surface area contributed by atoms with Crippen LogP contribution in [0.2, 0.25) is 0 Å². The van der Waals surface area contributed by atoms with Gasteiger partial charge >= 0.3 is 6.18 Å². The summed E-state index contributed by atoms with van der Waals surface area (Å²) in [5.74, 6) is 0. The molecule has 122 valence electrons. The number of likely N-dealkylation sites (N-methyl/N-ethyl adjacent to an activating group) is 1. The van der Waals surface area contributed by atoms with Crippen molar-refractivity contribution in [3.8, 4) is 0 Å².